The zero-order valence-electron chi connectivity index (χ0n) is 11.9. The summed E-state index contributed by atoms with van der Waals surface area (Å²) >= 11 is 0. The SMILES string of the molecule is COc1cccc(CCN(C)C2CCC(=O)CC2)c1. The molecular formula is C16H23NO2. The predicted molar refractivity (Wildman–Crippen MR) is 76.6 cm³/mol. The van der Waals surface area contributed by atoms with Crippen LogP contribution < -0.4 is 4.74 Å². The van der Waals surface area contributed by atoms with E-state index >= 15 is 0 Å². The highest BCUT2D eigenvalue weighted by Crippen LogP contribution is 2.20. The van der Waals surface area contributed by atoms with Gasteiger partial charge in [-0.05, 0) is 44.0 Å². The largest absolute Gasteiger partial charge is 0.497 e. The van der Waals surface area contributed by atoms with Crippen LogP contribution in [0.2, 0.25) is 0 Å². The number of Topliss-reactive ketones (excluding diaryl/α,β-unsaturated/α-hetero) is 1. The lowest BCUT2D eigenvalue weighted by molar-refractivity contribution is -0.121. The van der Waals surface area contributed by atoms with Crippen LogP contribution in [0.15, 0.2) is 24.3 Å². The van der Waals surface area contributed by atoms with Crippen molar-refractivity contribution in [2.24, 2.45) is 0 Å². The summed E-state index contributed by atoms with van der Waals surface area (Å²) < 4.78 is 5.24. The Hall–Kier alpha value is -1.35. The molecule has 1 aliphatic carbocycles. The zero-order chi connectivity index (χ0) is 13.7. The molecule has 1 aliphatic rings. The number of methoxy groups -OCH3 is 1. The summed E-state index contributed by atoms with van der Waals surface area (Å²) in [5.74, 6) is 1.35. The van der Waals surface area contributed by atoms with E-state index in [0.717, 1.165) is 44.4 Å². The van der Waals surface area contributed by atoms with Gasteiger partial charge in [0.05, 0.1) is 7.11 Å². The Labute approximate surface area is 115 Å². The fourth-order valence-corrected chi connectivity index (χ4v) is 2.68. The van der Waals surface area contributed by atoms with E-state index in [2.05, 4.69) is 24.1 Å². The molecule has 0 unspecified atom stereocenters. The first-order chi connectivity index (χ1) is 9.19. The van der Waals surface area contributed by atoms with Crippen molar-refractivity contribution in [2.75, 3.05) is 20.7 Å². The molecular weight excluding hydrogens is 238 g/mol. The first kappa shape index (κ1) is 14.1. The first-order valence-electron chi connectivity index (χ1n) is 7.04. The highest BCUT2D eigenvalue weighted by atomic mass is 16.5. The van der Waals surface area contributed by atoms with Crippen molar-refractivity contribution in [1.82, 2.24) is 4.90 Å². The van der Waals surface area contributed by atoms with E-state index in [0.29, 0.717) is 11.8 Å². The summed E-state index contributed by atoms with van der Waals surface area (Å²) in [4.78, 5) is 13.6. The van der Waals surface area contributed by atoms with E-state index in [1.165, 1.54) is 5.56 Å². The smallest absolute Gasteiger partial charge is 0.133 e. The molecule has 1 aromatic rings. The van der Waals surface area contributed by atoms with Gasteiger partial charge in [0.15, 0.2) is 0 Å². The first-order valence-corrected chi connectivity index (χ1v) is 7.04. The van der Waals surface area contributed by atoms with Crippen molar-refractivity contribution < 1.29 is 9.53 Å². The molecule has 0 amide bonds. The Bertz CT molecular complexity index is 421. The normalized spacial score (nSPS) is 16.9. The summed E-state index contributed by atoms with van der Waals surface area (Å²) in [7, 11) is 3.87. The fourth-order valence-electron chi connectivity index (χ4n) is 2.68. The van der Waals surface area contributed by atoms with Gasteiger partial charge in [0.25, 0.3) is 0 Å². The third-order valence-electron chi connectivity index (χ3n) is 4.02. The van der Waals surface area contributed by atoms with Gasteiger partial charge in [-0.3, -0.25) is 4.79 Å². The quantitative estimate of drug-likeness (QED) is 0.816. The number of carbonyl (C=O) groups is 1. The minimum Gasteiger partial charge on any atom is -0.497 e. The Kier molecular flexibility index (Phi) is 4.97. The molecule has 0 aromatic heterocycles. The monoisotopic (exact) mass is 261 g/mol. The highest BCUT2D eigenvalue weighted by molar-refractivity contribution is 5.79. The number of rotatable bonds is 5. The molecule has 0 N–H and O–H groups in total. The summed E-state index contributed by atoms with van der Waals surface area (Å²) in [5, 5.41) is 0. The van der Waals surface area contributed by atoms with E-state index in [4.69, 9.17) is 4.74 Å². The second-order valence-corrected chi connectivity index (χ2v) is 5.35. The standard InChI is InChI=1S/C16H23NO2/c1-17(14-6-8-15(18)9-7-14)11-10-13-4-3-5-16(12-13)19-2/h3-5,12,14H,6-11H2,1-2H3. The van der Waals surface area contributed by atoms with Crippen LogP contribution in [0.5, 0.6) is 5.75 Å². The number of ketones is 1. The van der Waals surface area contributed by atoms with Gasteiger partial charge in [-0.15, -0.1) is 0 Å². The molecule has 2 rings (SSSR count). The molecule has 0 bridgehead atoms. The lowest BCUT2D eigenvalue weighted by Gasteiger charge is -2.30. The van der Waals surface area contributed by atoms with Crippen molar-refractivity contribution in [1.29, 1.82) is 0 Å². The molecule has 1 saturated carbocycles. The van der Waals surface area contributed by atoms with Gasteiger partial charge in [-0.1, -0.05) is 12.1 Å². The number of ether oxygens (including phenoxy) is 1. The molecule has 0 heterocycles. The minimum absolute atomic E-state index is 0.428. The average Bonchev–Trinajstić information content (AvgIpc) is 2.46. The van der Waals surface area contributed by atoms with E-state index in [-0.39, 0.29) is 0 Å². The van der Waals surface area contributed by atoms with Crippen molar-refractivity contribution >= 4 is 5.78 Å². The van der Waals surface area contributed by atoms with Gasteiger partial charge >= 0.3 is 0 Å². The highest BCUT2D eigenvalue weighted by Gasteiger charge is 2.21. The molecule has 0 aliphatic heterocycles. The molecule has 1 fully saturated rings. The van der Waals surface area contributed by atoms with Crippen LogP contribution in [-0.2, 0) is 11.2 Å². The van der Waals surface area contributed by atoms with Crippen LogP contribution in [-0.4, -0.2) is 37.4 Å². The Morgan fingerprint density at radius 3 is 2.74 bits per heavy atom. The molecule has 0 saturated heterocycles. The lowest BCUT2D eigenvalue weighted by atomic mass is 9.93. The molecule has 3 nitrogen and oxygen atoms in total. The van der Waals surface area contributed by atoms with Crippen LogP contribution in [0.25, 0.3) is 0 Å². The maximum atomic E-state index is 11.2. The Morgan fingerprint density at radius 2 is 2.05 bits per heavy atom. The van der Waals surface area contributed by atoms with Gasteiger partial charge < -0.3 is 9.64 Å². The number of likely N-dealkylation sites (N-methyl/N-ethyl adjacent to an activating group) is 1. The van der Waals surface area contributed by atoms with Gasteiger partial charge in [-0.25, -0.2) is 0 Å². The summed E-state index contributed by atoms with van der Waals surface area (Å²) in [5.41, 5.74) is 1.30. The second-order valence-electron chi connectivity index (χ2n) is 5.35. The third-order valence-corrected chi connectivity index (χ3v) is 4.02. The van der Waals surface area contributed by atoms with Gasteiger partial charge in [-0.2, -0.15) is 0 Å². The minimum atomic E-state index is 0.428. The van der Waals surface area contributed by atoms with Crippen LogP contribution >= 0.6 is 0 Å². The fraction of sp³-hybridized carbons (Fsp3) is 0.562. The third kappa shape index (κ3) is 4.06. The van der Waals surface area contributed by atoms with E-state index in [1.807, 2.05) is 12.1 Å². The zero-order valence-corrected chi connectivity index (χ0v) is 11.9. The molecule has 1 aromatic carbocycles. The number of benzene rings is 1. The van der Waals surface area contributed by atoms with Crippen molar-refractivity contribution in [3.8, 4) is 5.75 Å². The molecule has 0 spiro atoms. The predicted octanol–water partition coefficient (Wildman–Crippen LogP) is 2.68. The Balaban J connectivity index is 1.82. The molecule has 0 atom stereocenters. The van der Waals surface area contributed by atoms with Crippen LogP contribution in [0.1, 0.15) is 31.2 Å². The van der Waals surface area contributed by atoms with Gasteiger partial charge in [0, 0.05) is 25.4 Å². The van der Waals surface area contributed by atoms with Crippen molar-refractivity contribution in [3.63, 3.8) is 0 Å². The van der Waals surface area contributed by atoms with Gasteiger partial charge in [0.2, 0.25) is 0 Å². The van der Waals surface area contributed by atoms with Crippen LogP contribution in [0.3, 0.4) is 0 Å². The van der Waals surface area contributed by atoms with E-state index in [9.17, 15) is 4.79 Å². The van der Waals surface area contributed by atoms with E-state index in [1.54, 1.807) is 7.11 Å². The van der Waals surface area contributed by atoms with Crippen molar-refractivity contribution in [3.05, 3.63) is 29.8 Å². The van der Waals surface area contributed by atoms with Gasteiger partial charge in [0.1, 0.15) is 11.5 Å². The topological polar surface area (TPSA) is 29.5 Å². The van der Waals surface area contributed by atoms with E-state index < -0.39 is 0 Å². The molecule has 3 heteroatoms. The van der Waals surface area contributed by atoms with Crippen LogP contribution in [0.4, 0.5) is 0 Å². The summed E-state index contributed by atoms with van der Waals surface area (Å²) in [6, 6.07) is 8.81. The summed E-state index contributed by atoms with van der Waals surface area (Å²) in [6.07, 6.45) is 4.58. The second kappa shape index (κ2) is 6.71. The average molecular weight is 261 g/mol. The number of nitrogens with zero attached hydrogens (tertiary/aromatic N) is 1. The molecule has 0 radical (unpaired) electrons. The number of carbonyl (C=O) groups excluding carboxylic acids is 1. The maximum Gasteiger partial charge on any atom is 0.133 e. The Morgan fingerprint density at radius 1 is 1.32 bits per heavy atom. The van der Waals surface area contributed by atoms with Crippen molar-refractivity contribution in [2.45, 2.75) is 38.1 Å². The summed E-state index contributed by atoms with van der Waals surface area (Å²) in [6.45, 7) is 1.03. The molecule has 19 heavy (non-hydrogen) atoms. The molecule has 104 valence electrons. The van der Waals surface area contributed by atoms with Crippen LogP contribution in [0, 0.1) is 0 Å². The number of hydrogen-bond acceptors (Lipinski definition) is 3. The lowest BCUT2D eigenvalue weighted by Crippen LogP contribution is -2.36. The maximum absolute atomic E-state index is 11.2. The number of hydrogen-bond donors (Lipinski definition) is 0.